The monoisotopic (exact) mass is 234 g/mol. The highest BCUT2D eigenvalue weighted by molar-refractivity contribution is 5.90. The molecule has 0 unspecified atom stereocenters. The Bertz CT molecular complexity index is 462. The fraction of sp³-hybridized carbons (Fsp3) is 0.462. The predicted molar refractivity (Wildman–Crippen MR) is 60.4 cm³/mol. The molecule has 0 atom stereocenters. The average Bonchev–Trinajstić information content (AvgIpc) is 3.16. The van der Waals surface area contributed by atoms with Gasteiger partial charge in [0.25, 0.3) is 0 Å². The molecule has 1 aromatic rings. The number of benzene rings is 1. The summed E-state index contributed by atoms with van der Waals surface area (Å²) >= 11 is 0. The van der Waals surface area contributed by atoms with Crippen molar-refractivity contribution < 1.29 is 19.0 Å². The molecule has 1 aromatic carbocycles. The van der Waals surface area contributed by atoms with E-state index in [1.54, 1.807) is 18.2 Å². The van der Waals surface area contributed by atoms with Crippen molar-refractivity contribution in [1.82, 2.24) is 0 Å². The lowest BCUT2D eigenvalue weighted by Crippen LogP contribution is -2.17. The van der Waals surface area contributed by atoms with Crippen LogP contribution >= 0.6 is 0 Å². The SMILES string of the molecule is COC(=O)c1ccc2c(c1)OCC1(CC1)CO2. The van der Waals surface area contributed by atoms with Gasteiger partial charge in [-0.25, -0.2) is 4.79 Å². The largest absolute Gasteiger partial charge is 0.489 e. The van der Waals surface area contributed by atoms with Crippen LogP contribution in [-0.4, -0.2) is 26.3 Å². The Morgan fingerprint density at radius 3 is 2.59 bits per heavy atom. The molecule has 3 rings (SSSR count). The summed E-state index contributed by atoms with van der Waals surface area (Å²) in [5, 5.41) is 0. The minimum Gasteiger partial charge on any atom is -0.489 e. The van der Waals surface area contributed by atoms with Gasteiger partial charge in [-0.1, -0.05) is 0 Å². The zero-order chi connectivity index (χ0) is 11.9. The van der Waals surface area contributed by atoms with Crippen LogP contribution in [0.2, 0.25) is 0 Å². The Balaban J connectivity index is 1.88. The molecule has 0 N–H and O–H groups in total. The summed E-state index contributed by atoms with van der Waals surface area (Å²) in [5.74, 6) is 0.986. The molecule has 4 nitrogen and oxygen atoms in total. The summed E-state index contributed by atoms with van der Waals surface area (Å²) in [6.45, 7) is 1.38. The van der Waals surface area contributed by atoms with Crippen LogP contribution in [-0.2, 0) is 4.74 Å². The number of rotatable bonds is 1. The van der Waals surface area contributed by atoms with Crippen molar-refractivity contribution >= 4 is 5.97 Å². The number of methoxy groups -OCH3 is 1. The lowest BCUT2D eigenvalue weighted by molar-refractivity contribution is 0.0600. The Hall–Kier alpha value is -1.71. The van der Waals surface area contributed by atoms with Gasteiger partial charge in [0, 0.05) is 5.41 Å². The van der Waals surface area contributed by atoms with Crippen LogP contribution in [0.1, 0.15) is 23.2 Å². The molecule has 0 amide bonds. The highest BCUT2D eigenvalue weighted by atomic mass is 16.5. The second kappa shape index (κ2) is 3.65. The number of fused-ring (bicyclic) bond motifs is 1. The lowest BCUT2D eigenvalue weighted by Gasteiger charge is -2.08. The summed E-state index contributed by atoms with van der Waals surface area (Å²) < 4.78 is 16.1. The van der Waals surface area contributed by atoms with Crippen LogP contribution in [0.4, 0.5) is 0 Å². The fourth-order valence-electron chi connectivity index (χ4n) is 1.95. The molecule has 1 heterocycles. The third-order valence-electron chi connectivity index (χ3n) is 3.39. The molecule has 1 saturated carbocycles. The second-order valence-electron chi connectivity index (χ2n) is 4.73. The molecule has 1 aliphatic heterocycles. The predicted octanol–water partition coefficient (Wildman–Crippen LogP) is 2.02. The van der Waals surface area contributed by atoms with Crippen molar-refractivity contribution in [2.75, 3.05) is 20.3 Å². The molecule has 4 heteroatoms. The van der Waals surface area contributed by atoms with Crippen LogP contribution in [0.5, 0.6) is 11.5 Å². The van der Waals surface area contributed by atoms with E-state index in [2.05, 4.69) is 4.74 Å². The van der Waals surface area contributed by atoms with Crippen LogP contribution in [0.15, 0.2) is 18.2 Å². The summed E-state index contributed by atoms with van der Waals surface area (Å²) in [5.41, 5.74) is 0.700. The first kappa shape index (κ1) is 10.4. The summed E-state index contributed by atoms with van der Waals surface area (Å²) in [7, 11) is 1.37. The Morgan fingerprint density at radius 2 is 1.94 bits per heavy atom. The van der Waals surface area contributed by atoms with Gasteiger partial charge >= 0.3 is 5.97 Å². The molecule has 1 spiro atoms. The number of esters is 1. The molecule has 0 aromatic heterocycles. The number of hydrogen-bond donors (Lipinski definition) is 0. The first-order valence-electron chi connectivity index (χ1n) is 5.70. The quantitative estimate of drug-likeness (QED) is 0.697. The van der Waals surface area contributed by atoms with Gasteiger partial charge in [0.15, 0.2) is 11.5 Å². The van der Waals surface area contributed by atoms with E-state index >= 15 is 0 Å². The first-order valence-corrected chi connectivity index (χ1v) is 5.70. The van der Waals surface area contributed by atoms with Crippen molar-refractivity contribution in [3.63, 3.8) is 0 Å². The van der Waals surface area contributed by atoms with Gasteiger partial charge in [0.05, 0.1) is 25.9 Å². The van der Waals surface area contributed by atoms with Crippen LogP contribution in [0.25, 0.3) is 0 Å². The fourth-order valence-corrected chi connectivity index (χ4v) is 1.95. The Kier molecular flexibility index (Phi) is 2.24. The van der Waals surface area contributed by atoms with Crippen molar-refractivity contribution in [1.29, 1.82) is 0 Å². The highest BCUT2D eigenvalue weighted by Gasteiger charge is 2.46. The van der Waals surface area contributed by atoms with E-state index in [-0.39, 0.29) is 11.4 Å². The molecule has 0 bridgehead atoms. The third kappa shape index (κ3) is 1.84. The smallest absolute Gasteiger partial charge is 0.337 e. The zero-order valence-electron chi connectivity index (χ0n) is 9.69. The summed E-state index contributed by atoms with van der Waals surface area (Å²) in [4.78, 5) is 11.4. The maximum absolute atomic E-state index is 11.4. The van der Waals surface area contributed by atoms with E-state index in [1.807, 2.05) is 0 Å². The number of ether oxygens (including phenoxy) is 3. The topological polar surface area (TPSA) is 44.8 Å². The van der Waals surface area contributed by atoms with E-state index in [9.17, 15) is 4.79 Å². The minimum atomic E-state index is -0.359. The van der Waals surface area contributed by atoms with Crippen molar-refractivity contribution in [3.8, 4) is 11.5 Å². The van der Waals surface area contributed by atoms with Gasteiger partial charge in [-0.2, -0.15) is 0 Å². The normalized spacial score (nSPS) is 19.6. The van der Waals surface area contributed by atoms with Gasteiger partial charge in [0.2, 0.25) is 0 Å². The number of carbonyl (C=O) groups is 1. The second-order valence-corrected chi connectivity index (χ2v) is 4.73. The van der Waals surface area contributed by atoms with Gasteiger partial charge < -0.3 is 14.2 Å². The molecule has 0 saturated heterocycles. The van der Waals surface area contributed by atoms with Crippen LogP contribution < -0.4 is 9.47 Å². The van der Waals surface area contributed by atoms with Crippen molar-refractivity contribution in [2.24, 2.45) is 5.41 Å². The molecule has 90 valence electrons. The molecule has 1 fully saturated rings. The maximum atomic E-state index is 11.4. The van der Waals surface area contributed by atoms with Gasteiger partial charge in [-0.3, -0.25) is 0 Å². The van der Waals surface area contributed by atoms with E-state index in [0.717, 1.165) is 12.8 Å². The average molecular weight is 234 g/mol. The third-order valence-corrected chi connectivity index (χ3v) is 3.39. The Morgan fingerprint density at radius 1 is 1.24 bits per heavy atom. The first-order chi connectivity index (χ1) is 8.22. The van der Waals surface area contributed by atoms with Crippen LogP contribution in [0, 0.1) is 5.41 Å². The molecular weight excluding hydrogens is 220 g/mol. The van der Waals surface area contributed by atoms with E-state index in [4.69, 9.17) is 9.47 Å². The van der Waals surface area contributed by atoms with Gasteiger partial charge in [-0.15, -0.1) is 0 Å². The maximum Gasteiger partial charge on any atom is 0.337 e. The molecule has 0 radical (unpaired) electrons. The standard InChI is InChI=1S/C13H14O4/c1-15-12(14)9-2-3-10-11(6-9)17-8-13(4-5-13)7-16-10/h2-3,6H,4-5,7-8H2,1H3. The van der Waals surface area contributed by atoms with Crippen molar-refractivity contribution in [3.05, 3.63) is 23.8 Å². The number of carbonyl (C=O) groups excluding carboxylic acids is 1. The molecular formula is C13H14O4. The summed E-state index contributed by atoms with van der Waals surface area (Å²) in [6.07, 6.45) is 2.32. The minimum absolute atomic E-state index is 0.213. The van der Waals surface area contributed by atoms with Crippen LogP contribution in [0.3, 0.4) is 0 Å². The van der Waals surface area contributed by atoms with Gasteiger partial charge in [-0.05, 0) is 31.0 Å². The molecule has 1 aliphatic carbocycles. The lowest BCUT2D eigenvalue weighted by atomic mass is 10.1. The Labute approximate surface area is 99.5 Å². The van der Waals surface area contributed by atoms with E-state index in [0.29, 0.717) is 30.3 Å². The highest BCUT2D eigenvalue weighted by Crippen LogP contribution is 2.49. The molecule has 17 heavy (non-hydrogen) atoms. The number of hydrogen-bond acceptors (Lipinski definition) is 4. The van der Waals surface area contributed by atoms with E-state index in [1.165, 1.54) is 7.11 Å². The van der Waals surface area contributed by atoms with Crippen molar-refractivity contribution in [2.45, 2.75) is 12.8 Å². The van der Waals surface area contributed by atoms with E-state index < -0.39 is 0 Å². The van der Waals surface area contributed by atoms with Gasteiger partial charge in [0.1, 0.15) is 0 Å². The summed E-state index contributed by atoms with van der Waals surface area (Å²) in [6, 6.07) is 5.14. The molecule has 2 aliphatic rings. The zero-order valence-corrected chi connectivity index (χ0v) is 9.69.